The fraction of sp³-hybridized carbons (Fsp3) is 0.375. The molecule has 0 aliphatic heterocycles. The number of aliphatic carboxylic acids is 1. The molecule has 70 valence electrons. The number of carboxylic acids is 1. The average molecular weight is 181 g/mol. The maximum atomic E-state index is 10.5. The van der Waals surface area contributed by atoms with Crippen molar-refractivity contribution in [2.24, 2.45) is 0 Å². The van der Waals surface area contributed by atoms with Crippen LogP contribution in [0.3, 0.4) is 0 Å². The van der Waals surface area contributed by atoms with Crippen molar-refractivity contribution in [3.05, 3.63) is 18.1 Å². The van der Waals surface area contributed by atoms with Crippen LogP contribution in [0.15, 0.2) is 12.5 Å². The Labute approximate surface area is 76.0 Å². The number of carbonyl (C=O) groups is 1. The summed E-state index contributed by atoms with van der Waals surface area (Å²) < 4.78 is 0. The summed E-state index contributed by atoms with van der Waals surface area (Å²) in [5.74, 6) is -0.227. The third kappa shape index (κ3) is 2.40. The molecule has 0 radical (unpaired) electrons. The zero-order valence-corrected chi connectivity index (χ0v) is 7.56. The number of aromatic nitrogens is 2. The van der Waals surface area contributed by atoms with Gasteiger partial charge in [0.15, 0.2) is 0 Å². The minimum Gasteiger partial charge on any atom is -0.481 e. The van der Waals surface area contributed by atoms with E-state index in [4.69, 9.17) is 5.11 Å². The Bertz CT molecular complexity index is 312. The Morgan fingerprint density at radius 1 is 1.62 bits per heavy atom. The van der Waals surface area contributed by atoms with Gasteiger partial charge in [0.25, 0.3) is 0 Å². The lowest BCUT2D eigenvalue weighted by atomic mass is 10.2. The van der Waals surface area contributed by atoms with Crippen LogP contribution in [0.4, 0.5) is 5.82 Å². The van der Waals surface area contributed by atoms with Crippen molar-refractivity contribution in [3.8, 4) is 0 Å². The first-order chi connectivity index (χ1) is 6.11. The normalized spacial score (nSPS) is 9.69. The van der Waals surface area contributed by atoms with Gasteiger partial charge in [-0.05, 0) is 0 Å². The summed E-state index contributed by atoms with van der Waals surface area (Å²) in [4.78, 5) is 20.0. The van der Waals surface area contributed by atoms with Crippen LogP contribution in [0.2, 0.25) is 0 Å². The van der Waals surface area contributed by atoms with Crippen molar-refractivity contribution >= 4 is 11.8 Å². The molecule has 5 heteroatoms. The zero-order valence-electron chi connectivity index (χ0n) is 7.56. The summed E-state index contributed by atoms with van der Waals surface area (Å²) >= 11 is 0. The summed E-state index contributed by atoms with van der Waals surface area (Å²) in [5.41, 5.74) is 0.625. The molecule has 0 amide bonds. The van der Waals surface area contributed by atoms with E-state index in [-0.39, 0.29) is 6.42 Å². The Hall–Kier alpha value is -1.65. The van der Waals surface area contributed by atoms with E-state index in [2.05, 4.69) is 9.97 Å². The van der Waals surface area contributed by atoms with Crippen molar-refractivity contribution in [1.29, 1.82) is 0 Å². The fourth-order valence-corrected chi connectivity index (χ4v) is 1.04. The van der Waals surface area contributed by atoms with Gasteiger partial charge in [-0.1, -0.05) is 0 Å². The monoisotopic (exact) mass is 181 g/mol. The van der Waals surface area contributed by atoms with Gasteiger partial charge in [-0.2, -0.15) is 0 Å². The molecule has 1 heterocycles. The van der Waals surface area contributed by atoms with Crippen molar-refractivity contribution in [1.82, 2.24) is 9.97 Å². The second-order valence-corrected chi connectivity index (χ2v) is 2.84. The molecule has 1 aromatic heterocycles. The first-order valence-electron chi connectivity index (χ1n) is 3.79. The number of carboxylic acid groups (broad SMARTS) is 1. The molecule has 1 aromatic rings. The number of nitrogens with zero attached hydrogens (tertiary/aromatic N) is 3. The van der Waals surface area contributed by atoms with Crippen LogP contribution in [-0.4, -0.2) is 35.1 Å². The minimum atomic E-state index is -0.877. The molecule has 0 aliphatic rings. The quantitative estimate of drug-likeness (QED) is 0.720. The van der Waals surface area contributed by atoms with Crippen molar-refractivity contribution in [3.63, 3.8) is 0 Å². The van der Waals surface area contributed by atoms with Crippen molar-refractivity contribution < 1.29 is 9.90 Å². The summed E-state index contributed by atoms with van der Waals surface area (Å²) in [5, 5.41) is 8.60. The van der Waals surface area contributed by atoms with Gasteiger partial charge in [0.2, 0.25) is 0 Å². The van der Waals surface area contributed by atoms with Crippen LogP contribution in [-0.2, 0) is 11.2 Å². The first-order valence-corrected chi connectivity index (χ1v) is 3.79. The average Bonchev–Trinajstić information content (AvgIpc) is 2.03. The molecule has 1 N–H and O–H groups in total. The molecule has 0 unspecified atom stereocenters. The molecule has 0 saturated carbocycles. The third-order valence-electron chi connectivity index (χ3n) is 1.53. The molecule has 0 spiro atoms. The Kier molecular flexibility index (Phi) is 2.79. The molecule has 13 heavy (non-hydrogen) atoms. The second kappa shape index (κ2) is 3.84. The van der Waals surface area contributed by atoms with Crippen molar-refractivity contribution in [2.75, 3.05) is 19.0 Å². The molecule has 0 aliphatic carbocycles. The maximum absolute atomic E-state index is 10.5. The van der Waals surface area contributed by atoms with Gasteiger partial charge in [-0.25, -0.2) is 9.97 Å². The van der Waals surface area contributed by atoms with E-state index in [1.165, 1.54) is 12.5 Å². The molecule has 0 aromatic carbocycles. The zero-order chi connectivity index (χ0) is 9.84. The Balaban J connectivity index is 2.97. The van der Waals surface area contributed by atoms with Gasteiger partial charge >= 0.3 is 5.97 Å². The van der Waals surface area contributed by atoms with Crippen molar-refractivity contribution in [2.45, 2.75) is 6.42 Å². The van der Waals surface area contributed by atoms with Crippen LogP contribution >= 0.6 is 0 Å². The van der Waals surface area contributed by atoms with E-state index < -0.39 is 5.97 Å². The highest BCUT2D eigenvalue weighted by atomic mass is 16.4. The number of anilines is 1. The standard InChI is InChI=1S/C8H11N3O2/c1-11(2)8-6(3-7(12)13)4-9-5-10-8/h4-5H,3H2,1-2H3,(H,12,13). The summed E-state index contributed by atoms with van der Waals surface area (Å²) in [7, 11) is 3.63. The topological polar surface area (TPSA) is 66.3 Å². The minimum absolute atomic E-state index is 0.0473. The molecule has 0 bridgehead atoms. The van der Waals surface area contributed by atoms with Gasteiger partial charge in [0.1, 0.15) is 12.1 Å². The van der Waals surface area contributed by atoms with Crippen LogP contribution in [0, 0.1) is 0 Å². The van der Waals surface area contributed by atoms with E-state index in [9.17, 15) is 4.79 Å². The third-order valence-corrected chi connectivity index (χ3v) is 1.53. The van der Waals surface area contributed by atoms with Crippen LogP contribution in [0.1, 0.15) is 5.56 Å². The number of rotatable bonds is 3. The highest BCUT2D eigenvalue weighted by Gasteiger charge is 2.08. The Morgan fingerprint density at radius 3 is 2.85 bits per heavy atom. The highest BCUT2D eigenvalue weighted by Crippen LogP contribution is 2.13. The smallest absolute Gasteiger partial charge is 0.308 e. The molecule has 0 atom stereocenters. The molecule has 0 saturated heterocycles. The molecule has 0 fully saturated rings. The molecule has 5 nitrogen and oxygen atoms in total. The SMILES string of the molecule is CN(C)c1ncncc1CC(=O)O. The van der Waals surface area contributed by atoms with Gasteiger partial charge in [0, 0.05) is 25.9 Å². The van der Waals surface area contributed by atoms with Crippen LogP contribution in [0.5, 0.6) is 0 Å². The second-order valence-electron chi connectivity index (χ2n) is 2.84. The molecular weight excluding hydrogens is 170 g/mol. The van der Waals surface area contributed by atoms with Gasteiger partial charge in [-0.15, -0.1) is 0 Å². The lowest BCUT2D eigenvalue weighted by molar-refractivity contribution is -0.136. The molecule has 1 rings (SSSR count). The molecular formula is C8H11N3O2. The van der Waals surface area contributed by atoms with Gasteiger partial charge < -0.3 is 10.0 Å². The first kappa shape index (κ1) is 9.44. The lowest BCUT2D eigenvalue weighted by Crippen LogP contribution is -2.15. The van der Waals surface area contributed by atoms with E-state index in [1.807, 2.05) is 14.1 Å². The summed E-state index contributed by atoms with van der Waals surface area (Å²) in [6.45, 7) is 0. The highest BCUT2D eigenvalue weighted by molar-refractivity contribution is 5.72. The Morgan fingerprint density at radius 2 is 2.31 bits per heavy atom. The number of hydrogen-bond donors (Lipinski definition) is 1. The van der Waals surface area contributed by atoms with E-state index in [1.54, 1.807) is 4.90 Å². The van der Waals surface area contributed by atoms with Gasteiger partial charge in [-0.3, -0.25) is 4.79 Å². The largest absolute Gasteiger partial charge is 0.481 e. The van der Waals surface area contributed by atoms with Gasteiger partial charge in [0.05, 0.1) is 6.42 Å². The van der Waals surface area contributed by atoms with E-state index in [0.717, 1.165) is 0 Å². The maximum Gasteiger partial charge on any atom is 0.308 e. The van der Waals surface area contributed by atoms with E-state index in [0.29, 0.717) is 11.4 Å². The van der Waals surface area contributed by atoms with Crippen LogP contribution < -0.4 is 4.90 Å². The fourth-order valence-electron chi connectivity index (χ4n) is 1.04. The van der Waals surface area contributed by atoms with E-state index >= 15 is 0 Å². The lowest BCUT2D eigenvalue weighted by Gasteiger charge is -2.13. The summed E-state index contributed by atoms with van der Waals surface area (Å²) in [6, 6.07) is 0. The van der Waals surface area contributed by atoms with Crippen LogP contribution in [0.25, 0.3) is 0 Å². The predicted molar refractivity (Wildman–Crippen MR) is 47.7 cm³/mol. The summed E-state index contributed by atoms with van der Waals surface area (Å²) in [6.07, 6.45) is 2.88. The number of hydrogen-bond acceptors (Lipinski definition) is 4. The predicted octanol–water partition coefficient (Wildman–Crippen LogP) is 0.170.